The molecule has 0 saturated heterocycles. The van der Waals surface area contributed by atoms with Crippen molar-refractivity contribution in [3.05, 3.63) is 23.8 Å². The Morgan fingerprint density at radius 3 is 2.54 bits per heavy atom. The van der Waals surface area contributed by atoms with Gasteiger partial charge in [0.1, 0.15) is 0 Å². The van der Waals surface area contributed by atoms with Gasteiger partial charge in [-0.05, 0) is 48.5 Å². The molecule has 2 unspecified atom stereocenters. The van der Waals surface area contributed by atoms with Crippen LogP contribution >= 0.6 is 24.2 Å². The molecule has 0 aliphatic heterocycles. The molecule has 1 aromatic carbocycles. The lowest BCUT2D eigenvalue weighted by atomic mass is 10.0. The maximum absolute atomic E-state index is 11.9. The summed E-state index contributed by atoms with van der Waals surface area (Å²) in [4.78, 5) is 11.9. The van der Waals surface area contributed by atoms with E-state index < -0.39 is 6.04 Å². The summed E-state index contributed by atoms with van der Waals surface area (Å²) < 4.78 is 10.5. The van der Waals surface area contributed by atoms with Crippen molar-refractivity contribution in [1.29, 1.82) is 0 Å². The zero-order chi connectivity index (χ0) is 17.2. The quantitative estimate of drug-likeness (QED) is 0.656. The highest BCUT2D eigenvalue weighted by molar-refractivity contribution is 7.98. The molecule has 24 heavy (non-hydrogen) atoms. The number of carbonyl (C=O) groups is 1. The van der Waals surface area contributed by atoms with Crippen molar-refractivity contribution in [3.8, 4) is 11.5 Å². The number of halogens is 1. The van der Waals surface area contributed by atoms with E-state index in [1.807, 2.05) is 24.5 Å². The number of benzene rings is 1. The third-order valence-electron chi connectivity index (χ3n) is 3.63. The molecule has 138 valence electrons. The number of ether oxygens (including phenoxy) is 2. The molecule has 0 fully saturated rings. The van der Waals surface area contributed by atoms with Crippen LogP contribution in [0.25, 0.3) is 0 Å². The van der Waals surface area contributed by atoms with Crippen LogP contribution in [0.5, 0.6) is 11.5 Å². The predicted molar refractivity (Wildman–Crippen MR) is 104 cm³/mol. The lowest BCUT2D eigenvalue weighted by molar-refractivity contribution is -0.122. The first kappa shape index (κ1) is 22.9. The molecule has 5 nitrogen and oxygen atoms in total. The average Bonchev–Trinajstić information content (AvgIpc) is 2.57. The molecule has 0 aromatic heterocycles. The van der Waals surface area contributed by atoms with Crippen LogP contribution in [0.1, 0.15) is 18.9 Å². The molecular weight excluding hydrogens is 348 g/mol. The second kappa shape index (κ2) is 12.3. The van der Waals surface area contributed by atoms with Crippen molar-refractivity contribution in [1.82, 2.24) is 5.32 Å². The molecule has 0 heterocycles. The Bertz CT molecular complexity index is 503. The summed E-state index contributed by atoms with van der Waals surface area (Å²) >= 11 is 1.70. The van der Waals surface area contributed by atoms with Gasteiger partial charge in [-0.15, -0.1) is 12.4 Å². The highest BCUT2D eigenvalue weighted by Crippen LogP contribution is 2.28. The van der Waals surface area contributed by atoms with Crippen LogP contribution in [0.2, 0.25) is 0 Å². The summed E-state index contributed by atoms with van der Waals surface area (Å²) in [6.45, 7) is 2.71. The maximum Gasteiger partial charge on any atom is 0.236 e. The third-order valence-corrected chi connectivity index (χ3v) is 4.27. The third kappa shape index (κ3) is 7.64. The monoisotopic (exact) mass is 376 g/mol. The van der Waals surface area contributed by atoms with Crippen molar-refractivity contribution >= 4 is 30.1 Å². The Labute approximate surface area is 155 Å². The SMILES string of the molecule is COc1ccc(CC(C)CNC(=O)C(N)CCSC)cc1OC.Cl. The van der Waals surface area contributed by atoms with E-state index >= 15 is 0 Å². The Morgan fingerprint density at radius 2 is 1.96 bits per heavy atom. The molecule has 1 rings (SSSR count). The first-order chi connectivity index (χ1) is 11.0. The lowest BCUT2D eigenvalue weighted by Gasteiger charge is -2.16. The fourth-order valence-corrected chi connectivity index (χ4v) is 2.75. The summed E-state index contributed by atoms with van der Waals surface area (Å²) in [5, 5.41) is 2.93. The van der Waals surface area contributed by atoms with Crippen LogP contribution < -0.4 is 20.5 Å². The number of rotatable bonds is 10. The van der Waals surface area contributed by atoms with Crippen LogP contribution in [0.4, 0.5) is 0 Å². The fourth-order valence-electron chi connectivity index (χ4n) is 2.26. The Hall–Kier alpha value is -1.11. The van der Waals surface area contributed by atoms with Crippen LogP contribution in [0.3, 0.4) is 0 Å². The van der Waals surface area contributed by atoms with E-state index in [-0.39, 0.29) is 18.3 Å². The van der Waals surface area contributed by atoms with Gasteiger partial charge in [0, 0.05) is 6.54 Å². The molecule has 0 aliphatic rings. The Morgan fingerprint density at radius 1 is 1.29 bits per heavy atom. The summed E-state index contributed by atoms with van der Waals surface area (Å²) in [5.74, 6) is 2.58. The summed E-state index contributed by atoms with van der Waals surface area (Å²) in [6, 6.07) is 5.47. The zero-order valence-corrected chi connectivity index (χ0v) is 16.5. The van der Waals surface area contributed by atoms with Gasteiger partial charge in [0.25, 0.3) is 0 Å². The van der Waals surface area contributed by atoms with E-state index in [1.54, 1.807) is 26.0 Å². The molecule has 2 atom stereocenters. The standard InChI is InChI=1S/C17H28N2O3S.ClH/c1-12(11-19-17(20)14(18)7-8-23-4)9-13-5-6-15(21-2)16(10-13)22-3;/h5-6,10,12,14H,7-9,11,18H2,1-4H3,(H,19,20);1H. The number of carbonyl (C=O) groups excluding carboxylic acids is 1. The first-order valence-electron chi connectivity index (χ1n) is 7.75. The fraction of sp³-hybridized carbons (Fsp3) is 0.588. The molecule has 3 N–H and O–H groups in total. The van der Waals surface area contributed by atoms with Gasteiger partial charge >= 0.3 is 0 Å². The van der Waals surface area contributed by atoms with Crippen molar-refractivity contribution in [2.45, 2.75) is 25.8 Å². The van der Waals surface area contributed by atoms with E-state index in [2.05, 4.69) is 12.2 Å². The van der Waals surface area contributed by atoms with Crippen LogP contribution in [-0.2, 0) is 11.2 Å². The van der Waals surface area contributed by atoms with Gasteiger partial charge < -0.3 is 20.5 Å². The van der Waals surface area contributed by atoms with Gasteiger partial charge in [0.2, 0.25) is 5.91 Å². The topological polar surface area (TPSA) is 73.6 Å². The van der Waals surface area contributed by atoms with E-state index in [9.17, 15) is 4.79 Å². The summed E-state index contributed by atoms with van der Waals surface area (Å²) in [6.07, 6.45) is 3.56. The van der Waals surface area contributed by atoms with E-state index in [0.717, 1.165) is 29.2 Å². The number of amides is 1. The minimum Gasteiger partial charge on any atom is -0.493 e. The number of hydrogen-bond donors (Lipinski definition) is 2. The largest absolute Gasteiger partial charge is 0.493 e. The van der Waals surface area contributed by atoms with E-state index in [4.69, 9.17) is 15.2 Å². The minimum atomic E-state index is -0.421. The van der Waals surface area contributed by atoms with Crippen molar-refractivity contribution < 1.29 is 14.3 Å². The molecule has 1 amide bonds. The summed E-state index contributed by atoms with van der Waals surface area (Å²) in [5.41, 5.74) is 7.01. The van der Waals surface area contributed by atoms with Crippen molar-refractivity contribution in [3.63, 3.8) is 0 Å². The lowest BCUT2D eigenvalue weighted by Crippen LogP contribution is -2.42. The molecule has 7 heteroatoms. The maximum atomic E-state index is 11.9. The van der Waals surface area contributed by atoms with Gasteiger partial charge in [-0.3, -0.25) is 4.79 Å². The average molecular weight is 377 g/mol. The smallest absolute Gasteiger partial charge is 0.236 e. The minimum absolute atomic E-state index is 0. The summed E-state index contributed by atoms with van der Waals surface area (Å²) in [7, 11) is 3.25. The molecule has 0 aliphatic carbocycles. The van der Waals surface area contributed by atoms with Gasteiger partial charge in [-0.1, -0.05) is 13.0 Å². The molecule has 0 radical (unpaired) electrons. The van der Waals surface area contributed by atoms with Crippen LogP contribution in [0, 0.1) is 5.92 Å². The van der Waals surface area contributed by atoms with Gasteiger partial charge in [0.15, 0.2) is 11.5 Å². The number of thioether (sulfide) groups is 1. The number of hydrogen-bond acceptors (Lipinski definition) is 5. The molecule has 0 spiro atoms. The molecular formula is C17H29ClN2O3S. The van der Waals surface area contributed by atoms with E-state index in [1.165, 1.54) is 0 Å². The van der Waals surface area contributed by atoms with Gasteiger partial charge in [0.05, 0.1) is 20.3 Å². The van der Waals surface area contributed by atoms with Crippen molar-refractivity contribution in [2.24, 2.45) is 11.7 Å². The van der Waals surface area contributed by atoms with Gasteiger partial charge in [-0.25, -0.2) is 0 Å². The number of nitrogens with two attached hydrogens (primary N) is 1. The van der Waals surface area contributed by atoms with Crippen molar-refractivity contribution in [2.75, 3.05) is 32.8 Å². The highest BCUT2D eigenvalue weighted by Gasteiger charge is 2.14. The number of methoxy groups -OCH3 is 2. The second-order valence-electron chi connectivity index (χ2n) is 5.63. The molecule has 0 saturated carbocycles. The number of nitrogens with one attached hydrogen (secondary N) is 1. The Balaban J connectivity index is 0.00000529. The Kier molecular flexibility index (Phi) is 11.7. The second-order valence-corrected chi connectivity index (χ2v) is 6.62. The van der Waals surface area contributed by atoms with Crippen LogP contribution in [0.15, 0.2) is 18.2 Å². The molecule has 0 bridgehead atoms. The van der Waals surface area contributed by atoms with E-state index in [0.29, 0.717) is 18.9 Å². The highest BCUT2D eigenvalue weighted by atomic mass is 35.5. The normalized spacial score (nSPS) is 12.7. The first-order valence-corrected chi connectivity index (χ1v) is 9.14. The van der Waals surface area contributed by atoms with Crippen LogP contribution in [-0.4, -0.2) is 44.7 Å². The molecule has 1 aromatic rings. The predicted octanol–water partition coefficient (Wildman–Crippen LogP) is 2.50. The van der Waals surface area contributed by atoms with Gasteiger partial charge in [-0.2, -0.15) is 11.8 Å². The zero-order valence-electron chi connectivity index (χ0n) is 14.8.